The number of aliphatic imine (C=N–C) groups is 1. The van der Waals surface area contributed by atoms with Gasteiger partial charge in [-0.3, -0.25) is 4.79 Å². The van der Waals surface area contributed by atoms with E-state index >= 15 is 0 Å². The number of rotatable bonds is 1. The average molecular weight is 181 g/mol. The van der Waals surface area contributed by atoms with Crippen molar-refractivity contribution in [1.82, 2.24) is 0 Å². The maximum Gasteiger partial charge on any atom is 0.322 e. The number of ether oxygens (including phenoxy) is 2. The first-order valence-electron chi connectivity index (χ1n) is 3.82. The van der Waals surface area contributed by atoms with E-state index in [0.29, 0.717) is 5.90 Å². The second-order valence-electron chi connectivity index (χ2n) is 2.40. The van der Waals surface area contributed by atoms with Gasteiger partial charge in [-0.05, 0) is 6.08 Å². The molecular weight excluding hydrogens is 170 g/mol. The molecule has 1 aliphatic heterocycles. The molecule has 4 heteroatoms. The van der Waals surface area contributed by atoms with Gasteiger partial charge in [0.2, 0.25) is 5.90 Å². The minimum Gasteiger partial charge on any atom is -0.483 e. The highest BCUT2D eigenvalue weighted by molar-refractivity contribution is 6.00. The molecule has 1 unspecified atom stereocenters. The Bertz CT molecular complexity index is 279. The Morgan fingerprint density at radius 1 is 1.46 bits per heavy atom. The molecule has 0 N–H and O–H groups in total. The lowest BCUT2D eigenvalue weighted by molar-refractivity contribution is -0.142. The molecule has 1 heterocycles. The number of hydrogen-bond donors (Lipinski definition) is 0. The third-order valence-corrected chi connectivity index (χ3v) is 1.63. The van der Waals surface area contributed by atoms with E-state index in [2.05, 4.69) is 9.73 Å². The fourth-order valence-electron chi connectivity index (χ4n) is 0.990. The lowest BCUT2D eigenvalue weighted by Crippen LogP contribution is -2.24. The molecule has 1 rings (SSSR count). The Morgan fingerprint density at radius 2 is 2.23 bits per heavy atom. The fourth-order valence-corrected chi connectivity index (χ4v) is 0.990. The van der Waals surface area contributed by atoms with Crippen LogP contribution in [0.25, 0.3) is 0 Å². The lowest BCUT2D eigenvalue weighted by atomic mass is 10.1. The largest absolute Gasteiger partial charge is 0.483 e. The fraction of sp³-hybridized carbons (Fsp3) is 0.333. The van der Waals surface area contributed by atoms with Crippen LogP contribution < -0.4 is 0 Å². The molecule has 0 aromatic carbocycles. The minimum absolute atomic E-state index is 0.344. The molecule has 1 atom stereocenters. The molecule has 0 amide bonds. The summed E-state index contributed by atoms with van der Waals surface area (Å²) in [5, 5.41) is 0. The standard InChI is InChI=1S/C9H11NO3/c1-12-8-7(9(11)13-2)5-3-4-6-10-8/h3-7H,1-2H3. The summed E-state index contributed by atoms with van der Waals surface area (Å²) in [6.07, 6.45) is 6.70. The van der Waals surface area contributed by atoms with Gasteiger partial charge in [-0.1, -0.05) is 12.2 Å². The van der Waals surface area contributed by atoms with Gasteiger partial charge in [0, 0.05) is 6.20 Å². The Balaban J connectivity index is 2.87. The summed E-state index contributed by atoms with van der Waals surface area (Å²) in [5.41, 5.74) is 0. The van der Waals surface area contributed by atoms with Gasteiger partial charge in [-0.2, -0.15) is 0 Å². The lowest BCUT2D eigenvalue weighted by Gasteiger charge is -2.10. The number of nitrogens with zero attached hydrogens (tertiary/aromatic N) is 1. The number of methoxy groups -OCH3 is 2. The zero-order chi connectivity index (χ0) is 9.68. The highest BCUT2D eigenvalue weighted by Gasteiger charge is 2.23. The number of carbonyl (C=O) groups excluding carboxylic acids is 1. The maximum atomic E-state index is 11.2. The molecule has 0 aromatic heterocycles. The Morgan fingerprint density at radius 3 is 2.85 bits per heavy atom. The summed E-state index contributed by atoms with van der Waals surface area (Å²) in [6.45, 7) is 0. The maximum absolute atomic E-state index is 11.2. The van der Waals surface area contributed by atoms with Crippen LogP contribution in [0, 0.1) is 5.92 Å². The van der Waals surface area contributed by atoms with Crippen LogP contribution >= 0.6 is 0 Å². The molecule has 0 fully saturated rings. The zero-order valence-electron chi connectivity index (χ0n) is 7.56. The van der Waals surface area contributed by atoms with Gasteiger partial charge in [0.05, 0.1) is 14.2 Å². The summed E-state index contributed by atoms with van der Waals surface area (Å²) in [5.74, 6) is -0.567. The van der Waals surface area contributed by atoms with Crippen molar-refractivity contribution in [3.63, 3.8) is 0 Å². The van der Waals surface area contributed by atoms with Gasteiger partial charge < -0.3 is 9.47 Å². The quantitative estimate of drug-likeness (QED) is 0.565. The molecule has 13 heavy (non-hydrogen) atoms. The molecule has 0 saturated carbocycles. The van der Waals surface area contributed by atoms with E-state index in [-0.39, 0.29) is 5.97 Å². The third-order valence-electron chi connectivity index (χ3n) is 1.63. The monoisotopic (exact) mass is 181 g/mol. The van der Waals surface area contributed by atoms with Crippen molar-refractivity contribution in [2.45, 2.75) is 0 Å². The average Bonchev–Trinajstić information content (AvgIpc) is 2.41. The van der Waals surface area contributed by atoms with Gasteiger partial charge in [-0.25, -0.2) is 4.99 Å². The first kappa shape index (κ1) is 9.51. The predicted molar refractivity (Wildman–Crippen MR) is 48.2 cm³/mol. The van der Waals surface area contributed by atoms with Crippen molar-refractivity contribution < 1.29 is 14.3 Å². The number of carbonyl (C=O) groups is 1. The van der Waals surface area contributed by atoms with E-state index in [9.17, 15) is 4.79 Å². The zero-order valence-corrected chi connectivity index (χ0v) is 7.56. The van der Waals surface area contributed by atoms with Crippen LogP contribution in [0.15, 0.2) is 29.4 Å². The van der Waals surface area contributed by atoms with Crippen LogP contribution in [0.4, 0.5) is 0 Å². The SMILES string of the molecule is COC(=O)C1C=CC=CN=C1OC. The van der Waals surface area contributed by atoms with Crippen LogP contribution in [-0.4, -0.2) is 26.1 Å². The normalized spacial score (nSPS) is 20.5. The van der Waals surface area contributed by atoms with Crippen LogP contribution in [0.2, 0.25) is 0 Å². The van der Waals surface area contributed by atoms with Crippen LogP contribution in [0.1, 0.15) is 0 Å². The van der Waals surface area contributed by atoms with Crippen molar-refractivity contribution in [3.8, 4) is 0 Å². The van der Waals surface area contributed by atoms with Crippen molar-refractivity contribution in [2.75, 3.05) is 14.2 Å². The molecular formula is C9H11NO3. The highest BCUT2D eigenvalue weighted by Crippen LogP contribution is 2.09. The van der Waals surface area contributed by atoms with Gasteiger partial charge >= 0.3 is 5.97 Å². The second-order valence-corrected chi connectivity index (χ2v) is 2.40. The molecule has 0 aliphatic carbocycles. The van der Waals surface area contributed by atoms with Crippen LogP contribution in [-0.2, 0) is 14.3 Å². The van der Waals surface area contributed by atoms with Crippen molar-refractivity contribution >= 4 is 11.9 Å². The van der Waals surface area contributed by atoms with Crippen LogP contribution in [0.5, 0.6) is 0 Å². The molecule has 0 saturated heterocycles. The van der Waals surface area contributed by atoms with E-state index in [4.69, 9.17) is 4.74 Å². The predicted octanol–water partition coefficient (Wildman–Crippen LogP) is 0.904. The van der Waals surface area contributed by atoms with E-state index in [1.807, 2.05) is 0 Å². The summed E-state index contributed by atoms with van der Waals surface area (Å²) < 4.78 is 9.55. The molecule has 0 spiro atoms. The first-order valence-corrected chi connectivity index (χ1v) is 3.82. The van der Waals surface area contributed by atoms with Gasteiger partial charge in [0.25, 0.3) is 0 Å². The summed E-state index contributed by atoms with van der Waals surface area (Å²) in [6, 6.07) is 0. The third kappa shape index (κ3) is 2.18. The summed E-state index contributed by atoms with van der Waals surface area (Å²) in [4.78, 5) is 15.2. The molecule has 1 aliphatic rings. The van der Waals surface area contributed by atoms with E-state index in [1.54, 1.807) is 24.4 Å². The molecule has 0 aromatic rings. The second kappa shape index (κ2) is 4.45. The number of allylic oxidation sites excluding steroid dienone is 2. The molecule has 0 bridgehead atoms. The van der Waals surface area contributed by atoms with E-state index in [0.717, 1.165) is 0 Å². The smallest absolute Gasteiger partial charge is 0.322 e. The Kier molecular flexibility index (Phi) is 3.25. The summed E-state index contributed by atoms with van der Waals surface area (Å²) >= 11 is 0. The van der Waals surface area contributed by atoms with Crippen molar-refractivity contribution in [3.05, 3.63) is 24.4 Å². The number of hydrogen-bond acceptors (Lipinski definition) is 4. The van der Waals surface area contributed by atoms with Gasteiger partial charge in [0.15, 0.2) is 5.92 Å². The first-order chi connectivity index (χ1) is 6.29. The van der Waals surface area contributed by atoms with Crippen LogP contribution in [0.3, 0.4) is 0 Å². The van der Waals surface area contributed by atoms with E-state index < -0.39 is 5.92 Å². The van der Waals surface area contributed by atoms with Gasteiger partial charge in [-0.15, -0.1) is 0 Å². The molecule has 4 nitrogen and oxygen atoms in total. The minimum atomic E-state index is -0.537. The van der Waals surface area contributed by atoms with Crippen molar-refractivity contribution in [2.24, 2.45) is 10.9 Å². The van der Waals surface area contributed by atoms with Gasteiger partial charge in [0.1, 0.15) is 0 Å². The number of esters is 1. The Labute approximate surface area is 76.6 Å². The van der Waals surface area contributed by atoms with E-state index in [1.165, 1.54) is 14.2 Å². The Hall–Kier alpha value is -1.58. The summed E-state index contributed by atoms with van der Waals surface area (Å²) in [7, 11) is 2.81. The molecule has 0 radical (unpaired) electrons. The molecule has 70 valence electrons. The topological polar surface area (TPSA) is 47.9 Å². The van der Waals surface area contributed by atoms with Crippen molar-refractivity contribution in [1.29, 1.82) is 0 Å². The highest BCUT2D eigenvalue weighted by atomic mass is 16.5.